The lowest BCUT2D eigenvalue weighted by atomic mass is 10.2. The summed E-state index contributed by atoms with van der Waals surface area (Å²) in [5.74, 6) is 0. The van der Waals surface area contributed by atoms with Gasteiger partial charge in [0.05, 0.1) is 17.0 Å². The highest BCUT2D eigenvalue weighted by Crippen LogP contribution is 2.29. The molecule has 1 aromatic rings. The van der Waals surface area contributed by atoms with Gasteiger partial charge in [0.25, 0.3) is 0 Å². The Kier molecular flexibility index (Phi) is 5.43. The molecule has 0 spiro atoms. The van der Waals surface area contributed by atoms with Crippen molar-refractivity contribution < 1.29 is 13.2 Å². The molecule has 0 bridgehead atoms. The number of likely N-dealkylation sites (N-methyl/N-ethyl adjacent to an activating group) is 1. The standard InChI is InChI=1S/C14H21BrN2O3S/c1-10-13(6-7-20-10)17(3)21(18,19)14-8-11(9-16-2)4-5-12(14)15/h4-5,8,10,13,16H,6-7,9H2,1-3H3. The second-order valence-electron chi connectivity index (χ2n) is 5.25. The summed E-state index contributed by atoms with van der Waals surface area (Å²) in [6.07, 6.45) is 0.647. The molecule has 1 fully saturated rings. The number of hydrogen-bond acceptors (Lipinski definition) is 4. The average molecular weight is 377 g/mol. The minimum Gasteiger partial charge on any atom is -0.377 e. The van der Waals surface area contributed by atoms with Gasteiger partial charge in [-0.15, -0.1) is 0 Å². The van der Waals surface area contributed by atoms with Crippen LogP contribution in [0, 0.1) is 0 Å². The third-order valence-electron chi connectivity index (χ3n) is 3.84. The van der Waals surface area contributed by atoms with Crippen molar-refractivity contribution in [3.8, 4) is 0 Å². The molecule has 0 amide bonds. The SMILES string of the molecule is CNCc1ccc(Br)c(S(=O)(=O)N(C)C2CCOC2C)c1. The van der Waals surface area contributed by atoms with Crippen LogP contribution in [0.5, 0.6) is 0 Å². The van der Waals surface area contributed by atoms with Crippen molar-refractivity contribution in [1.29, 1.82) is 0 Å². The molecule has 1 heterocycles. The summed E-state index contributed by atoms with van der Waals surface area (Å²) < 4.78 is 33.2. The number of hydrogen-bond donors (Lipinski definition) is 1. The largest absolute Gasteiger partial charge is 0.377 e. The first-order valence-corrected chi connectivity index (χ1v) is 9.14. The van der Waals surface area contributed by atoms with E-state index in [9.17, 15) is 8.42 Å². The van der Waals surface area contributed by atoms with E-state index >= 15 is 0 Å². The molecule has 2 unspecified atom stereocenters. The Hall–Kier alpha value is -0.470. The minimum absolute atomic E-state index is 0.0796. The van der Waals surface area contributed by atoms with Gasteiger partial charge in [-0.05, 0) is 54.0 Å². The molecule has 2 atom stereocenters. The van der Waals surface area contributed by atoms with Gasteiger partial charge in [-0.3, -0.25) is 0 Å². The van der Waals surface area contributed by atoms with Gasteiger partial charge in [0.15, 0.2) is 0 Å². The van der Waals surface area contributed by atoms with Gasteiger partial charge >= 0.3 is 0 Å². The Morgan fingerprint density at radius 1 is 1.48 bits per heavy atom. The van der Waals surface area contributed by atoms with E-state index in [0.717, 1.165) is 12.0 Å². The molecule has 1 aliphatic rings. The molecular formula is C14H21BrN2O3S. The number of ether oxygens (including phenoxy) is 1. The van der Waals surface area contributed by atoms with Crippen LogP contribution in [0.3, 0.4) is 0 Å². The smallest absolute Gasteiger partial charge is 0.244 e. The maximum absolute atomic E-state index is 12.9. The molecule has 7 heteroatoms. The van der Waals surface area contributed by atoms with Gasteiger partial charge < -0.3 is 10.1 Å². The quantitative estimate of drug-likeness (QED) is 0.853. The molecular weight excluding hydrogens is 356 g/mol. The molecule has 1 N–H and O–H groups in total. The first-order chi connectivity index (χ1) is 9.87. The van der Waals surface area contributed by atoms with Crippen LogP contribution in [0.4, 0.5) is 0 Å². The molecule has 2 rings (SSSR count). The van der Waals surface area contributed by atoms with Gasteiger partial charge in [-0.25, -0.2) is 8.42 Å². The molecule has 118 valence electrons. The molecule has 5 nitrogen and oxygen atoms in total. The lowest BCUT2D eigenvalue weighted by Crippen LogP contribution is -2.41. The molecule has 1 aliphatic heterocycles. The summed E-state index contributed by atoms with van der Waals surface area (Å²) in [5, 5.41) is 3.03. The third-order valence-corrected chi connectivity index (χ3v) is 6.71. The molecule has 1 aromatic carbocycles. The van der Waals surface area contributed by atoms with E-state index in [-0.39, 0.29) is 12.1 Å². The zero-order chi connectivity index (χ0) is 15.6. The predicted octanol–water partition coefficient (Wildman–Crippen LogP) is 1.97. The second kappa shape index (κ2) is 6.75. The number of nitrogens with one attached hydrogen (secondary N) is 1. The van der Waals surface area contributed by atoms with Crippen molar-refractivity contribution in [3.63, 3.8) is 0 Å². The van der Waals surface area contributed by atoms with Crippen LogP contribution >= 0.6 is 15.9 Å². The summed E-state index contributed by atoms with van der Waals surface area (Å²) in [6.45, 7) is 3.14. The summed E-state index contributed by atoms with van der Waals surface area (Å²) in [5.41, 5.74) is 0.934. The Bertz CT molecular complexity index is 606. The van der Waals surface area contributed by atoms with Crippen molar-refractivity contribution in [2.24, 2.45) is 0 Å². The fourth-order valence-electron chi connectivity index (χ4n) is 2.59. The van der Waals surface area contributed by atoms with Gasteiger partial charge in [0.2, 0.25) is 10.0 Å². The van der Waals surface area contributed by atoms with E-state index < -0.39 is 10.0 Å². The van der Waals surface area contributed by atoms with E-state index in [1.165, 1.54) is 4.31 Å². The van der Waals surface area contributed by atoms with Crippen LogP contribution in [0.15, 0.2) is 27.6 Å². The van der Waals surface area contributed by atoms with Crippen molar-refractivity contribution >= 4 is 26.0 Å². The first kappa shape index (κ1) is 16.9. The van der Waals surface area contributed by atoms with Gasteiger partial charge in [0.1, 0.15) is 0 Å². The topological polar surface area (TPSA) is 58.6 Å². The zero-order valence-electron chi connectivity index (χ0n) is 12.5. The lowest BCUT2D eigenvalue weighted by Gasteiger charge is -2.26. The molecule has 0 saturated carbocycles. The van der Waals surface area contributed by atoms with Crippen LogP contribution in [0.2, 0.25) is 0 Å². The van der Waals surface area contributed by atoms with Crippen LogP contribution in [-0.4, -0.2) is 45.6 Å². The lowest BCUT2D eigenvalue weighted by molar-refractivity contribution is 0.102. The van der Waals surface area contributed by atoms with E-state index in [0.29, 0.717) is 22.5 Å². The number of halogens is 1. The van der Waals surface area contributed by atoms with Crippen molar-refractivity contribution in [2.45, 2.75) is 36.9 Å². The summed E-state index contributed by atoms with van der Waals surface area (Å²) >= 11 is 3.35. The van der Waals surface area contributed by atoms with Crippen molar-refractivity contribution in [1.82, 2.24) is 9.62 Å². The summed E-state index contributed by atoms with van der Waals surface area (Å²) in [6, 6.07) is 5.28. The molecule has 21 heavy (non-hydrogen) atoms. The predicted molar refractivity (Wildman–Crippen MR) is 85.7 cm³/mol. The molecule has 0 aliphatic carbocycles. The highest BCUT2D eigenvalue weighted by Gasteiger charge is 2.36. The summed E-state index contributed by atoms with van der Waals surface area (Å²) in [7, 11) is -0.0876. The third kappa shape index (κ3) is 3.48. The molecule has 0 radical (unpaired) electrons. The monoisotopic (exact) mass is 376 g/mol. The summed E-state index contributed by atoms with van der Waals surface area (Å²) in [4.78, 5) is 0.303. The number of benzene rings is 1. The second-order valence-corrected chi connectivity index (χ2v) is 8.07. The zero-order valence-corrected chi connectivity index (χ0v) is 14.9. The Labute approximate surface area is 134 Å². The van der Waals surface area contributed by atoms with Gasteiger partial charge in [-0.1, -0.05) is 6.07 Å². The number of rotatable bonds is 5. The van der Waals surface area contributed by atoms with Crippen LogP contribution in [-0.2, 0) is 21.3 Å². The van der Waals surface area contributed by atoms with Gasteiger partial charge in [-0.2, -0.15) is 4.31 Å². The van der Waals surface area contributed by atoms with E-state index in [4.69, 9.17) is 4.74 Å². The van der Waals surface area contributed by atoms with Crippen molar-refractivity contribution in [2.75, 3.05) is 20.7 Å². The number of nitrogens with zero attached hydrogens (tertiary/aromatic N) is 1. The van der Waals surface area contributed by atoms with Crippen LogP contribution < -0.4 is 5.32 Å². The average Bonchev–Trinajstić information content (AvgIpc) is 2.86. The highest BCUT2D eigenvalue weighted by molar-refractivity contribution is 9.10. The maximum Gasteiger partial charge on any atom is 0.244 e. The van der Waals surface area contributed by atoms with E-state index in [2.05, 4.69) is 21.2 Å². The van der Waals surface area contributed by atoms with Crippen molar-refractivity contribution in [3.05, 3.63) is 28.2 Å². The first-order valence-electron chi connectivity index (χ1n) is 6.90. The number of sulfonamides is 1. The van der Waals surface area contributed by atoms with Crippen LogP contribution in [0.1, 0.15) is 18.9 Å². The molecule has 1 saturated heterocycles. The Balaban J connectivity index is 2.36. The fraction of sp³-hybridized carbons (Fsp3) is 0.571. The highest BCUT2D eigenvalue weighted by atomic mass is 79.9. The van der Waals surface area contributed by atoms with E-state index in [1.807, 2.05) is 20.0 Å². The van der Waals surface area contributed by atoms with E-state index in [1.54, 1.807) is 19.2 Å². The van der Waals surface area contributed by atoms with Crippen LogP contribution in [0.25, 0.3) is 0 Å². The Morgan fingerprint density at radius 2 is 2.19 bits per heavy atom. The fourth-order valence-corrected chi connectivity index (χ4v) is 5.01. The Morgan fingerprint density at radius 3 is 2.76 bits per heavy atom. The normalized spacial score (nSPS) is 22.9. The maximum atomic E-state index is 12.9. The minimum atomic E-state index is -3.55. The van der Waals surface area contributed by atoms with Gasteiger partial charge in [0, 0.05) is 24.7 Å². The molecule has 0 aromatic heterocycles.